The van der Waals surface area contributed by atoms with Gasteiger partial charge in [-0.15, -0.1) is 16.4 Å². The number of nitrogens with zero attached hydrogens (tertiary/aromatic N) is 2. The summed E-state index contributed by atoms with van der Waals surface area (Å²) >= 11 is 3.33. The van der Waals surface area contributed by atoms with Crippen LogP contribution in [0.1, 0.15) is 12.8 Å². The molecule has 3 rings (SSSR count). The van der Waals surface area contributed by atoms with E-state index in [1.54, 1.807) is 23.1 Å². The van der Waals surface area contributed by atoms with E-state index in [1.165, 1.54) is 6.42 Å². The smallest absolute Gasteiger partial charge is 0.208 e. The van der Waals surface area contributed by atoms with Crippen molar-refractivity contribution in [3.63, 3.8) is 0 Å². The third-order valence-electron chi connectivity index (χ3n) is 2.64. The lowest BCUT2D eigenvalue weighted by molar-refractivity contribution is 0.129. The number of H-pyrrole nitrogens is 1. The molecule has 2 aromatic rings. The number of rotatable bonds is 4. The largest absolute Gasteiger partial charge is 0.377 e. The number of thiophene rings is 1. The van der Waals surface area contributed by atoms with E-state index in [9.17, 15) is 0 Å². The normalized spacial score (nSPS) is 19.9. The van der Waals surface area contributed by atoms with E-state index < -0.39 is 0 Å². The van der Waals surface area contributed by atoms with Crippen LogP contribution in [0.4, 0.5) is 0 Å². The third-order valence-corrected chi connectivity index (χ3v) is 4.50. The molecular weight excluding hydrogens is 254 g/mol. The molecule has 17 heavy (non-hydrogen) atoms. The van der Waals surface area contributed by atoms with E-state index in [1.807, 2.05) is 17.5 Å². The molecule has 1 fully saturated rings. The van der Waals surface area contributed by atoms with Gasteiger partial charge >= 0.3 is 0 Å². The van der Waals surface area contributed by atoms with Crippen LogP contribution < -0.4 is 0 Å². The molecule has 2 aromatic heterocycles. The molecule has 0 radical (unpaired) electrons. The first-order valence-electron chi connectivity index (χ1n) is 5.62. The van der Waals surface area contributed by atoms with Crippen molar-refractivity contribution in [2.24, 2.45) is 0 Å². The molecule has 90 valence electrons. The maximum atomic E-state index is 5.57. The highest BCUT2D eigenvalue weighted by atomic mass is 32.2. The fraction of sp³-hybridized carbons (Fsp3) is 0.455. The van der Waals surface area contributed by atoms with Gasteiger partial charge in [-0.25, -0.2) is 4.98 Å². The molecule has 0 spiro atoms. The summed E-state index contributed by atoms with van der Waals surface area (Å²) in [5.41, 5.74) is 0. The number of thioether (sulfide) groups is 1. The van der Waals surface area contributed by atoms with E-state index in [2.05, 4.69) is 15.2 Å². The molecule has 1 N–H and O–H groups in total. The fourth-order valence-corrected chi connectivity index (χ4v) is 3.31. The highest BCUT2D eigenvalue weighted by Gasteiger charge is 2.16. The lowest BCUT2D eigenvalue weighted by Crippen LogP contribution is -2.07. The van der Waals surface area contributed by atoms with Gasteiger partial charge in [0.05, 0.1) is 11.0 Å². The second-order valence-corrected chi connectivity index (χ2v) is 5.82. The molecule has 6 heteroatoms. The van der Waals surface area contributed by atoms with E-state index in [0.717, 1.165) is 34.6 Å². The standard InChI is InChI=1S/C11H13N3OS2/c1-3-8(15-5-1)7-17-11-12-10(13-14-11)9-4-2-6-16-9/h2,4,6,8H,1,3,5,7H2,(H,12,13,14)/t8-/m0/s1. The Morgan fingerprint density at radius 2 is 2.59 bits per heavy atom. The van der Waals surface area contributed by atoms with Gasteiger partial charge in [-0.3, -0.25) is 5.10 Å². The number of nitrogens with one attached hydrogen (secondary N) is 1. The van der Waals surface area contributed by atoms with Crippen molar-refractivity contribution in [1.29, 1.82) is 0 Å². The predicted molar refractivity (Wildman–Crippen MR) is 69.4 cm³/mol. The van der Waals surface area contributed by atoms with Crippen molar-refractivity contribution >= 4 is 23.1 Å². The van der Waals surface area contributed by atoms with Crippen molar-refractivity contribution < 1.29 is 4.74 Å². The molecule has 0 amide bonds. The summed E-state index contributed by atoms with van der Waals surface area (Å²) in [4.78, 5) is 5.59. The molecule has 0 saturated carbocycles. The monoisotopic (exact) mass is 267 g/mol. The molecular formula is C11H13N3OS2. The van der Waals surface area contributed by atoms with Crippen LogP contribution in [0, 0.1) is 0 Å². The van der Waals surface area contributed by atoms with Gasteiger partial charge in [-0.05, 0) is 24.3 Å². The second-order valence-electron chi connectivity index (χ2n) is 3.89. The number of aromatic nitrogens is 3. The minimum Gasteiger partial charge on any atom is -0.377 e. The van der Waals surface area contributed by atoms with Gasteiger partial charge in [-0.2, -0.15) is 0 Å². The highest BCUT2D eigenvalue weighted by molar-refractivity contribution is 7.99. The van der Waals surface area contributed by atoms with Gasteiger partial charge < -0.3 is 4.74 Å². The Labute approximate surface area is 108 Å². The minimum atomic E-state index is 0.378. The van der Waals surface area contributed by atoms with Gasteiger partial charge in [0.25, 0.3) is 0 Å². The van der Waals surface area contributed by atoms with Crippen LogP contribution in [-0.2, 0) is 4.74 Å². The van der Waals surface area contributed by atoms with Crippen molar-refractivity contribution in [2.45, 2.75) is 24.1 Å². The van der Waals surface area contributed by atoms with Crippen LogP contribution >= 0.6 is 23.1 Å². The zero-order valence-corrected chi connectivity index (χ0v) is 10.9. The van der Waals surface area contributed by atoms with Crippen LogP contribution in [0.2, 0.25) is 0 Å². The SMILES string of the molecule is c1csc(-c2nc(SC[C@@H]3CCCO3)n[nH]2)c1. The summed E-state index contributed by atoms with van der Waals surface area (Å²) in [6.45, 7) is 0.902. The summed E-state index contributed by atoms with van der Waals surface area (Å²) in [6.07, 6.45) is 2.72. The van der Waals surface area contributed by atoms with Crippen molar-refractivity contribution in [2.75, 3.05) is 12.4 Å². The minimum absolute atomic E-state index is 0.378. The zero-order chi connectivity index (χ0) is 11.5. The Bertz CT molecular complexity index is 463. The molecule has 0 bridgehead atoms. The van der Waals surface area contributed by atoms with Crippen molar-refractivity contribution in [1.82, 2.24) is 15.2 Å². The summed E-state index contributed by atoms with van der Waals surface area (Å²) in [5, 5.41) is 10.0. The van der Waals surface area contributed by atoms with E-state index in [0.29, 0.717) is 6.10 Å². The molecule has 1 aliphatic heterocycles. The first-order valence-corrected chi connectivity index (χ1v) is 7.49. The quantitative estimate of drug-likeness (QED) is 0.865. The Morgan fingerprint density at radius 1 is 1.59 bits per heavy atom. The summed E-state index contributed by atoms with van der Waals surface area (Å²) in [7, 11) is 0. The summed E-state index contributed by atoms with van der Waals surface area (Å²) in [6, 6.07) is 4.06. The number of aromatic amines is 1. The summed E-state index contributed by atoms with van der Waals surface area (Å²) in [5.74, 6) is 1.80. The molecule has 3 heterocycles. The van der Waals surface area contributed by atoms with Crippen LogP contribution in [-0.4, -0.2) is 33.6 Å². The highest BCUT2D eigenvalue weighted by Crippen LogP contribution is 2.25. The lowest BCUT2D eigenvalue weighted by Gasteiger charge is -2.05. The Hall–Kier alpha value is -0.850. The van der Waals surface area contributed by atoms with Crippen LogP contribution in [0.5, 0.6) is 0 Å². The third kappa shape index (κ3) is 2.70. The van der Waals surface area contributed by atoms with E-state index in [-0.39, 0.29) is 0 Å². The van der Waals surface area contributed by atoms with Crippen molar-refractivity contribution in [3.8, 4) is 10.7 Å². The fourth-order valence-electron chi connectivity index (χ4n) is 1.78. The Morgan fingerprint density at radius 3 is 3.35 bits per heavy atom. The zero-order valence-electron chi connectivity index (χ0n) is 9.26. The second kappa shape index (κ2) is 5.20. The van der Waals surface area contributed by atoms with Gasteiger partial charge in [0, 0.05) is 12.4 Å². The maximum absolute atomic E-state index is 5.57. The molecule has 4 nitrogen and oxygen atoms in total. The molecule has 1 atom stereocenters. The number of hydrogen-bond donors (Lipinski definition) is 1. The van der Waals surface area contributed by atoms with Gasteiger partial charge in [0.15, 0.2) is 5.82 Å². The topological polar surface area (TPSA) is 50.8 Å². The van der Waals surface area contributed by atoms with E-state index in [4.69, 9.17) is 4.74 Å². The van der Waals surface area contributed by atoms with Gasteiger partial charge in [-0.1, -0.05) is 17.8 Å². The van der Waals surface area contributed by atoms with Crippen molar-refractivity contribution in [3.05, 3.63) is 17.5 Å². The van der Waals surface area contributed by atoms with E-state index >= 15 is 0 Å². The molecule has 0 aromatic carbocycles. The molecule has 0 aliphatic carbocycles. The molecule has 1 saturated heterocycles. The van der Waals surface area contributed by atoms with Gasteiger partial charge in [0.1, 0.15) is 0 Å². The summed E-state index contributed by atoms with van der Waals surface area (Å²) < 4.78 is 5.57. The van der Waals surface area contributed by atoms with Crippen LogP contribution in [0.3, 0.4) is 0 Å². The average Bonchev–Trinajstić information content (AvgIpc) is 3.09. The number of hydrogen-bond acceptors (Lipinski definition) is 5. The van der Waals surface area contributed by atoms with Gasteiger partial charge in [0.2, 0.25) is 5.16 Å². The Kier molecular flexibility index (Phi) is 3.44. The maximum Gasteiger partial charge on any atom is 0.208 e. The number of ether oxygens (including phenoxy) is 1. The predicted octanol–water partition coefficient (Wildman–Crippen LogP) is 2.80. The first-order chi connectivity index (χ1) is 8.42. The lowest BCUT2D eigenvalue weighted by atomic mass is 10.3. The van der Waals surface area contributed by atoms with Crippen LogP contribution in [0.25, 0.3) is 10.7 Å². The average molecular weight is 267 g/mol. The first kappa shape index (κ1) is 11.3. The van der Waals surface area contributed by atoms with Crippen LogP contribution in [0.15, 0.2) is 22.7 Å². The Balaban J connectivity index is 1.60. The molecule has 0 unspecified atom stereocenters. The molecule has 1 aliphatic rings.